The van der Waals surface area contributed by atoms with Gasteiger partial charge in [-0.05, 0) is 50.2 Å². The third-order valence-electron chi connectivity index (χ3n) is 4.99. The van der Waals surface area contributed by atoms with Crippen molar-refractivity contribution in [3.05, 3.63) is 71.2 Å². The molecule has 0 radical (unpaired) electrons. The first kappa shape index (κ1) is 23.3. The van der Waals surface area contributed by atoms with Crippen LogP contribution in [0, 0.1) is 6.92 Å². The maximum Gasteiger partial charge on any atom is 0.416 e. The average Bonchev–Trinajstić information content (AvgIpc) is 3.16. The Morgan fingerprint density at radius 3 is 2.47 bits per heavy atom. The number of halogens is 3. The van der Waals surface area contributed by atoms with Crippen molar-refractivity contribution in [2.75, 3.05) is 16.8 Å². The highest BCUT2D eigenvalue weighted by Crippen LogP contribution is 2.33. The zero-order valence-electron chi connectivity index (χ0n) is 17.1. The Labute approximate surface area is 188 Å². The molecule has 7 nitrogen and oxygen atoms in total. The molecule has 1 atom stereocenters. The molecule has 168 valence electrons. The molecule has 1 aliphatic rings. The molecule has 2 aromatic heterocycles. The Hall–Kier alpha value is -3.34. The monoisotopic (exact) mass is 463 g/mol. The number of nitrogens with one attached hydrogen (secondary N) is 1. The minimum absolute atomic E-state index is 0. The number of rotatable bonds is 3. The molecule has 11 heteroatoms. The molecule has 0 saturated heterocycles. The third kappa shape index (κ3) is 4.33. The van der Waals surface area contributed by atoms with Crippen molar-refractivity contribution < 1.29 is 22.8 Å². The molecule has 0 bridgehead atoms. The Bertz CT molecular complexity index is 1160. The van der Waals surface area contributed by atoms with Gasteiger partial charge in [0, 0.05) is 17.9 Å². The zero-order chi connectivity index (χ0) is 22.3. The number of fused-ring (bicyclic) bond motifs is 1. The summed E-state index contributed by atoms with van der Waals surface area (Å²) in [6, 6.07) is 9.21. The second-order valence-corrected chi connectivity index (χ2v) is 7.28. The van der Waals surface area contributed by atoms with Crippen molar-refractivity contribution in [3.63, 3.8) is 0 Å². The number of hydrogen-bond donors (Lipinski definition) is 1. The molecule has 0 spiro atoms. The smallest absolute Gasteiger partial charge is 0.306 e. The van der Waals surface area contributed by atoms with Crippen molar-refractivity contribution in [1.82, 2.24) is 14.8 Å². The molecule has 1 N–H and O–H groups in total. The van der Waals surface area contributed by atoms with Gasteiger partial charge in [-0.1, -0.05) is 6.07 Å². The first-order chi connectivity index (χ1) is 14.6. The molecule has 32 heavy (non-hydrogen) atoms. The van der Waals surface area contributed by atoms with Crippen LogP contribution in [0.15, 0.2) is 48.7 Å². The fourth-order valence-corrected chi connectivity index (χ4v) is 3.48. The van der Waals surface area contributed by atoms with Gasteiger partial charge < -0.3 is 10.2 Å². The summed E-state index contributed by atoms with van der Waals surface area (Å²) in [7, 11) is 0. The average molecular weight is 463 g/mol. The van der Waals surface area contributed by atoms with Crippen LogP contribution in [0.25, 0.3) is 0 Å². The SMILES string of the molecule is Cc1cccc(NC(=O)c2cnn3c2C(=O)N(c2ccc(C(F)(F)F)cc2)C[C@@H]3C)n1.S. The maximum atomic E-state index is 13.2. The van der Waals surface area contributed by atoms with Crippen LogP contribution < -0.4 is 10.2 Å². The van der Waals surface area contributed by atoms with Crippen LogP contribution in [-0.4, -0.2) is 33.1 Å². The maximum absolute atomic E-state index is 13.2. The van der Waals surface area contributed by atoms with E-state index >= 15 is 0 Å². The largest absolute Gasteiger partial charge is 0.416 e. The van der Waals surface area contributed by atoms with Gasteiger partial charge in [0.2, 0.25) is 0 Å². The second-order valence-electron chi connectivity index (χ2n) is 7.28. The lowest BCUT2D eigenvalue weighted by Crippen LogP contribution is -2.43. The van der Waals surface area contributed by atoms with Crippen LogP contribution in [0.2, 0.25) is 0 Å². The van der Waals surface area contributed by atoms with Crippen molar-refractivity contribution in [2.45, 2.75) is 26.1 Å². The fourth-order valence-electron chi connectivity index (χ4n) is 3.48. The molecular weight excluding hydrogens is 443 g/mol. The Kier molecular flexibility index (Phi) is 6.31. The van der Waals surface area contributed by atoms with E-state index in [9.17, 15) is 22.8 Å². The van der Waals surface area contributed by atoms with E-state index in [0.717, 1.165) is 12.1 Å². The van der Waals surface area contributed by atoms with Crippen molar-refractivity contribution in [1.29, 1.82) is 0 Å². The standard InChI is InChI=1S/C21H18F3N5O2.H2S/c1-12-4-3-5-17(26-12)27-19(30)16-10-25-29-13(2)11-28(20(31)18(16)29)15-8-6-14(7-9-15)21(22,23)24;/h3-10,13H,11H2,1-2H3,(H,26,27,30);1H2/t13-;/m0./s1. The van der Waals surface area contributed by atoms with Gasteiger partial charge in [0.15, 0.2) is 0 Å². The Balaban J connectivity index is 0.00000289. The highest BCUT2D eigenvalue weighted by molar-refractivity contribution is 7.59. The van der Waals surface area contributed by atoms with Crippen LogP contribution in [0.1, 0.15) is 45.1 Å². The van der Waals surface area contributed by atoms with E-state index in [1.54, 1.807) is 25.1 Å². The number of aromatic nitrogens is 3. The van der Waals surface area contributed by atoms with E-state index in [1.807, 2.05) is 6.92 Å². The summed E-state index contributed by atoms with van der Waals surface area (Å²) >= 11 is 0. The molecule has 0 saturated carbocycles. The van der Waals surface area contributed by atoms with Crippen molar-refractivity contribution in [2.24, 2.45) is 0 Å². The van der Waals surface area contributed by atoms with Crippen LogP contribution >= 0.6 is 13.5 Å². The number of carbonyl (C=O) groups excluding carboxylic acids is 2. The van der Waals surface area contributed by atoms with Gasteiger partial charge in [-0.25, -0.2) is 4.98 Å². The molecule has 3 aromatic rings. The number of nitrogens with zero attached hydrogens (tertiary/aromatic N) is 4. The number of aryl methyl sites for hydroxylation is 1. The highest BCUT2D eigenvalue weighted by atomic mass is 32.1. The third-order valence-corrected chi connectivity index (χ3v) is 4.99. The van der Waals surface area contributed by atoms with Gasteiger partial charge in [-0.3, -0.25) is 14.3 Å². The highest BCUT2D eigenvalue weighted by Gasteiger charge is 2.36. The summed E-state index contributed by atoms with van der Waals surface area (Å²) in [4.78, 5) is 31.6. The molecule has 3 heterocycles. The lowest BCUT2D eigenvalue weighted by Gasteiger charge is -2.32. The molecule has 1 aromatic carbocycles. The minimum Gasteiger partial charge on any atom is -0.306 e. The van der Waals surface area contributed by atoms with E-state index in [2.05, 4.69) is 15.4 Å². The van der Waals surface area contributed by atoms with Crippen LogP contribution in [-0.2, 0) is 6.18 Å². The second kappa shape index (κ2) is 8.65. The number of pyridine rings is 1. The van der Waals surface area contributed by atoms with E-state index in [0.29, 0.717) is 17.2 Å². The van der Waals surface area contributed by atoms with Crippen LogP contribution in [0.4, 0.5) is 24.7 Å². The molecular formula is C21H20F3N5O2S. The molecule has 0 fully saturated rings. The summed E-state index contributed by atoms with van der Waals surface area (Å²) in [5.74, 6) is -0.729. The van der Waals surface area contributed by atoms with E-state index in [4.69, 9.17) is 0 Å². The van der Waals surface area contributed by atoms with Crippen molar-refractivity contribution >= 4 is 36.8 Å². The van der Waals surface area contributed by atoms with Gasteiger partial charge in [0.1, 0.15) is 11.5 Å². The quantitative estimate of drug-likeness (QED) is 0.632. The Morgan fingerprint density at radius 2 is 1.84 bits per heavy atom. The topological polar surface area (TPSA) is 80.1 Å². The van der Waals surface area contributed by atoms with E-state index in [-0.39, 0.29) is 37.3 Å². The molecule has 1 aliphatic heterocycles. The van der Waals surface area contributed by atoms with Crippen LogP contribution in [0.5, 0.6) is 0 Å². The predicted molar refractivity (Wildman–Crippen MR) is 117 cm³/mol. The summed E-state index contributed by atoms with van der Waals surface area (Å²) in [6.45, 7) is 3.80. The lowest BCUT2D eigenvalue weighted by atomic mass is 10.1. The minimum atomic E-state index is -4.47. The van der Waals surface area contributed by atoms with Gasteiger partial charge in [-0.2, -0.15) is 31.8 Å². The molecule has 0 aliphatic carbocycles. The number of anilines is 2. The molecule has 0 unspecified atom stereocenters. The van der Waals surface area contributed by atoms with Crippen molar-refractivity contribution in [3.8, 4) is 0 Å². The number of amides is 2. The van der Waals surface area contributed by atoms with Gasteiger partial charge in [0.05, 0.1) is 23.4 Å². The molecule has 2 amide bonds. The van der Waals surface area contributed by atoms with Gasteiger partial charge in [0.25, 0.3) is 11.8 Å². The van der Waals surface area contributed by atoms with E-state index in [1.165, 1.54) is 27.9 Å². The number of benzene rings is 1. The summed E-state index contributed by atoms with van der Waals surface area (Å²) in [6.07, 6.45) is -3.16. The summed E-state index contributed by atoms with van der Waals surface area (Å²) in [5, 5.41) is 6.83. The van der Waals surface area contributed by atoms with Gasteiger partial charge in [-0.15, -0.1) is 0 Å². The normalized spacial score (nSPS) is 15.7. The van der Waals surface area contributed by atoms with E-state index < -0.39 is 23.6 Å². The van der Waals surface area contributed by atoms with Gasteiger partial charge >= 0.3 is 6.18 Å². The molecule has 4 rings (SSSR count). The Morgan fingerprint density at radius 1 is 1.16 bits per heavy atom. The first-order valence-corrected chi connectivity index (χ1v) is 9.47. The first-order valence-electron chi connectivity index (χ1n) is 9.47. The number of carbonyl (C=O) groups is 2. The summed E-state index contributed by atoms with van der Waals surface area (Å²) < 4.78 is 40.0. The predicted octanol–water partition coefficient (Wildman–Crippen LogP) is 4.19. The number of alkyl halides is 3. The number of hydrogen-bond acceptors (Lipinski definition) is 4. The summed E-state index contributed by atoms with van der Waals surface area (Å²) in [5.41, 5.74) is 0.363. The van der Waals surface area contributed by atoms with Crippen LogP contribution in [0.3, 0.4) is 0 Å². The fraction of sp³-hybridized carbons (Fsp3) is 0.238. The zero-order valence-corrected chi connectivity index (χ0v) is 18.1. The lowest BCUT2D eigenvalue weighted by molar-refractivity contribution is -0.137.